The number of fused-ring (bicyclic) bond motifs is 4. The lowest BCUT2D eigenvalue weighted by Crippen LogP contribution is -2.35. The van der Waals surface area contributed by atoms with E-state index in [4.69, 9.17) is 4.99 Å². The highest BCUT2D eigenvalue weighted by Gasteiger charge is 2.38. The number of aromatic hydroxyl groups is 1. The summed E-state index contributed by atoms with van der Waals surface area (Å²) in [5, 5.41) is 11.8. The van der Waals surface area contributed by atoms with Crippen LogP contribution in [0.2, 0.25) is 0 Å². The molecule has 1 unspecified atom stereocenters. The van der Waals surface area contributed by atoms with Crippen molar-refractivity contribution in [1.29, 1.82) is 0 Å². The molecular formula is C24H17N3O3S. The fourth-order valence-electron chi connectivity index (χ4n) is 4.17. The van der Waals surface area contributed by atoms with Crippen LogP contribution >= 0.6 is 11.3 Å². The van der Waals surface area contributed by atoms with Crippen LogP contribution in [0.4, 0.5) is 0 Å². The Morgan fingerprint density at radius 3 is 2.48 bits per heavy atom. The summed E-state index contributed by atoms with van der Waals surface area (Å²) in [6.07, 6.45) is 0. The second kappa shape index (κ2) is 7.16. The number of rotatable bonds is 2. The Bertz CT molecular complexity index is 1640. The second-order valence-corrected chi connectivity index (χ2v) is 8.25. The summed E-state index contributed by atoms with van der Waals surface area (Å²) in [6.45, 7) is 0. The molecule has 0 amide bonds. The number of nitrogens with one attached hydrogen (secondary N) is 1. The van der Waals surface area contributed by atoms with Crippen molar-refractivity contribution >= 4 is 32.5 Å². The van der Waals surface area contributed by atoms with E-state index in [1.807, 2.05) is 77.0 Å². The van der Waals surface area contributed by atoms with E-state index in [9.17, 15) is 9.90 Å². The number of hydrogen-bond acceptors (Lipinski definition) is 5. The number of H-pyrrole nitrogens is 1. The van der Waals surface area contributed by atoms with Gasteiger partial charge in [0.2, 0.25) is 6.04 Å². The quantitative estimate of drug-likeness (QED) is 0.422. The third kappa shape index (κ3) is 2.78. The van der Waals surface area contributed by atoms with Crippen molar-refractivity contribution in [2.75, 3.05) is 0 Å². The number of aromatic amines is 1. The van der Waals surface area contributed by atoms with Gasteiger partial charge in [0.05, 0.1) is 10.2 Å². The SMILES string of the molecule is O=c1[nH]c2ccccc2c(O)c1C1=[n+]2c(sc3ccccc32)=NC1c1ccccc1.[OH-]. The van der Waals surface area contributed by atoms with Crippen LogP contribution in [0, 0.1) is 5.71 Å². The average Bonchev–Trinajstić information content (AvgIpc) is 3.31. The maximum Gasteiger partial charge on any atom is 0.384 e. The van der Waals surface area contributed by atoms with Gasteiger partial charge in [-0.05, 0) is 35.6 Å². The maximum absolute atomic E-state index is 13.2. The predicted molar refractivity (Wildman–Crippen MR) is 118 cm³/mol. The lowest BCUT2D eigenvalue weighted by atomic mass is 9.96. The normalized spacial score (nSPS) is 15.0. The van der Waals surface area contributed by atoms with Crippen LogP contribution in [0.25, 0.3) is 21.1 Å². The van der Waals surface area contributed by atoms with E-state index in [2.05, 4.69) is 4.98 Å². The highest BCUT2D eigenvalue weighted by Crippen LogP contribution is 2.35. The minimum Gasteiger partial charge on any atom is -0.870 e. The first-order valence-corrected chi connectivity index (χ1v) is 10.4. The molecule has 5 aromatic rings. The number of benzene rings is 3. The summed E-state index contributed by atoms with van der Waals surface area (Å²) in [5.41, 5.74) is 3.17. The Hall–Kier alpha value is -3.81. The molecule has 0 spiro atoms. The third-order valence-corrected chi connectivity index (χ3v) is 6.54. The molecule has 3 aromatic carbocycles. The molecule has 0 saturated carbocycles. The van der Waals surface area contributed by atoms with Crippen LogP contribution in [-0.2, 0) is 0 Å². The molecule has 0 saturated heterocycles. The summed E-state index contributed by atoms with van der Waals surface area (Å²) in [7, 11) is 0. The Kier molecular flexibility index (Phi) is 4.43. The van der Waals surface area contributed by atoms with Gasteiger partial charge in [-0.25, -0.2) is 0 Å². The first-order valence-electron chi connectivity index (χ1n) is 9.63. The van der Waals surface area contributed by atoms with E-state index >= 15 is 0 Å². The number of para-hydroxylation sites is 2. The lowest BCUT2D eigenvalue weighted by Gasteiger charge is -2.10. The molecule has 1 aliphatic rings. The fourth-order valence-corrected chi connectivity index (χ4v) is 5.22. The molecule has 7 heteroatoms. The maximum atomic E-state index is 13.2. The molecule has 31 heavy (non-hydrogen) atoms. The van der Waals surface area contributed by atoms with Crippen molar-refractivity contribution in [2.45, 2.75) is 6.04 Å². The van der Waals surface area contributed by atoms with Crippen LogP contribution in [0.15, 0.2) is 88.6 Å². The molecule has 3 N–H and O–H groups in total. The summed E-state index contributed by atoms with van der Waals surface area (Å²) < 4.78 is 3.09. The molecule has 3 heterocycles. The van der Waals surface area contributed by atoms with Crippen LogP contribution in [0.3, 0.4) is 0 Å². The Morgan fingerprint density at radius 1 is 0.935 bits per heavy atom. The minimum atomic E-state index is -0.379. The molecule has 0 bridgehead atoms. The van der Waals surface area contributed by atoms with E-state index in [1.54, 1.807) is 17.4 Å². The van der Waals surface area contributed by atoms with E-state index in [1.165, 1.54) is 0 Å². The van der Waals surface area contributed by atoms with Crippen LogP contribution < -0.4 is 14.6 Å². The van der Waals surface area contributed by atoms with E-state index in [0.29, 0.717) is 16.6 Å². The Balaban J connectivity index is 0.00000204. The van der Waals surface area contributed by atoms with Crippen molar-refractivity contribution in [1.82, 2.24) is 4.98 Å². The van der Waals surface area contributed by atoms with Gasteiger partial charge in [-0.1, -0.05) is 59.6 Å². The number of thiazole rings is 1. The molecule has 6 nitrogen and oxygen atoms in total. The molecule has 0 fully saturated rings. The largest absolute Gasteiger partial charge is 0.870 e. The van der Waals surface area contributed by atoms with Gasteiger partial charge in [-0.3, -0.25) is 4.79 Å². The zero-order valence-electron chi connectivity index (χ0n) is 16.2. The number of hydrogen-bond donors (Lipinski definition) is 2. The standard InChI is InChI=1S/C24H15N3O2S.H2O/c28-22-15-10-4-5-11-16(15)25-23(29)19(22)21-20(14-8-2-1-3-9-14)26-24-27(21)17-12-6-7-13-18(17)30-24;/h1-13,20H,(H,25,28,29);1H2. The number of pyridine rings is 1. The van der Waals surface area contributed by atoms with Crippen LogP contribution in [0.1, 0.15) is 17.2 Å². The highest BCUT2D eigenvalue weighted by atomic mass is 32.1. The van der Waals surface area contributed by atoms with Gasteiger partial charge < -0.3 is 15.6 Å². The highest BCUT2D eigenvalue weighted by molar-refractivity contribution is 7.15. The third-order valence-electron chi connectivity index (χ3n) is 5.50. The smallest absolute Gasteiger partial charge is 0.384 e. The molecule has 1 atom stereocenters. The van der Waals surface area contributed by atoms with Crippen molar-refractivity contribution in [2.24, 2.45) is 4.99 Å². The van der Waals surface area contributed by atoms with Gasteiger partial charge in [-0.15, -0.1) is 0 Å². The fraction of sp³-hybridized carbons (Fsp3) is 0.0417. The zero-order chi connectivity index (χ0) is 20.2. The minimum absolute atomic E-state index is 0. The van der Waals surface area contributed by atoms with Crippen molar-refractivity contribution in [3.63, 3.8) is 0 Å². The zero-order valence-corrected chi connectivity index (χ0v) is 17.0. The van der Waals surface area contributed by atoms with Gasteiger partial charge >= 0.3 is 4.80 Å². The molecule has 152 valence electrons. The summed E-state index contributed by atoms with van der Waals surface area (Å²) in [5.74, 6) is -0.0175. The molecule has 0 aliphatic carbocycles. The van der Waals surface area contributed by atoms with Gasteiger partial charge in [0, 0.05) is 10.9 Å². The molecule has 2 aromatic heterocycles. The van der Waals surface area contributed by atoms with Gasteiger partial charge in [0.15, 0.2) is 11.2 Å². The van der Waals surface area contributed by atoms with Crippen molar-refractivity contribution in [3.05, 3.63) is 111 Å². The van der Waals surface area contributed by atoms with Crippen molar-refractivity contribution in [3.8, 4) is 5.75 Å². The summed E-state index contributed by atoms with van der Waals surface area (Å²) >= 11 is 1.58. The Labute approximate surface area is 180 Å². The molecule has 6 rings (SSSR count). The van der Waals surface area contributed by atoms with Gasteiger partial charge in [0.1, 0.15) is 11.3 Å². The lowest BCUT2D eigenvalue weighted by molar-refractivity contribution is -0.498. The monoisotopic (exact) mass is 427 g/mol. The first kappa shape index (κ1) is 19.2. The first-order chi connectivity index (χ1) is 14.7. The molecule has 0 radical (unpaired) electrons. The second-order valence-electron chi connectivity index (χ2n) is 7.24. The van der Waals surface area contributed by atoms with E-state index in [-0.39, 0.29) is 28.4 Å². The number of aromatic nitrogens is 2. The molecular weight excluding hydrogens is 410 g/mol. The average molecular weight is 427 g/mol. The van der Waals surface area contributed by atoms with Crippen LogP contribution in [-0.4, -0.2) is 15.6 Å². The van der Waals surface area contributed by atoms with Gasteiger partial charge in [-0.2, -0.15) is 4.24 Å². The van der Waals surface area contributed by atoms with Crippen molar-refractivity contribution < 1.29 is 14.8 Å². The molecule has 1 aliphatic heterocycles. The Morgan fingerprint density at radius 2 is 1.65 bits per heavy atom. The summed E-state index contributed by atoms with van der Waals surface area (Å²) in [6, 6.07) is 24.8. The van der Waals surface area contributed by atoms with E-state index < -0.39 is 0 Å². The topological polar surface area (TPSA) is 101 Å². The number of nitrogens with zero attached hydrogens (tertiary/aromatic N) is 2. The van der Waals surface area contributed by atoms with Crippen LogP contribution in [0.5, 0.6) is 5.75 Å². The predicted octanol–water partition coefficient (Wildman–Crippen LogP) is 3.36. The van der Waals surface area contributed by atoms with E-state index in [0.717, 1.165) is 20.6 Å². The summed E-state index contributed by atoms with van der Waals surface area (Å²) in [4.78, 5) is 21.9. The van der Waals surface area contributed by atoms with Gasteiger partial charge in [0.25, 0.3) is 5.56 Å².